The molecular formula is C11H16BrNO2. The molecule has 0 saturated heterocycles. The van der Waals surface area contributed by atoms with Crippen LogP contribution in [0.15, 0.2) is 27.6 Å². The first-order chi connectivity index (χ1) is 7.24. The summed E-state index contributed by atoms with van der Waals surface area (Å²) in [5, 5.41) is 0. The topological polar surface area (TPSA) is 31.2 Å². The second-order valence-electron chi connectivity index (χ2n) is 3.34. The van der Waals surface area contributed by atoms with Crippen molar-refractivity contribution in [3.8, 4) is 0 Å². The zero-order chi connectivity index (χ0) is 11.1. The number of halogens is 1. The normalized spacial score (nSPS) is 10.5. The van der Waals surface area contributed by atoms with Crippen molar-refractivity contribution >= 4 is 15.9 Å². The Kier molecular flexibility index (Phi) is 5.65. The van der Waals surface area contributed by atoms with E-state index in [9.17, 15) is 4.79 Å². The maximum absolute atomic E-state index is 11.4. The molecule has 1 rings (SSSR count). The van der Waals surface area contributed by atoms with E-state index in [1.165, 1.54) is 0 Å². The highest BCUT2D eigenvalue weighted by Crippen LogP contribution is 2.04. The van der Waals surface area contributed by atoms with Crippen molar-refractivity contribution < 1.29 is 4.74 Å². The highest BCUT2D eigenvalue weighted by Gasteiger charge is 1.96. The number of ether oxygens (including phenoxy) is 1. The van der Waals surface area contributed by atoms with Crippen LogP contribution in [-0.2, 0) is 11.3 Å². The van der Waals surface area contributed by atoms with Crippen LogP contribution in [0, 0.1) is 0 Å². The van der Waals surface area contributed by atoms with Crippen molar-refractivity contribution in [2.45, 2.75) is 26.3 Å². The molecule has 1 aromatic heterocycles. The molecule has 4 heteroatoms. The molecule has 0 bridgehead atoms. The van der Waals surface area contributed by atoms with Crippen LogP contribution in [0.4, 0.5) is 0 Å². The molecule has 84 valence electrons. The van der Waals surface area contributed by atoms with Gasteiger partial charge >= 0.3 is 0 Å². The number of pyridine rings is 1. The van der Waals surface area contributed by atoms with Gasteiger partial charge < -0.3 is 9.30 Å². The van der Waals surface area contributed by atoms with Crippen molar-refractivity contribution in [3.05, 3.63) is 33.2 Å². The Morgan fingerprint density at radius 1 is 1.40 bits per heavy atom. The van der Waals surface area contributed by atoms with Crippen molar-refractivity contribution in [1.82, 2.24) is 4.57 Å². The molecule has 1 aromatic rings. The van der Waals surface area contributed by atoms with Crippen LogP contribution in [0.5, 0.6) is 0 Å². The lowest BCUT2D eigenvalue weighted by molar-refractivity contribution is 0.123. The lowest BCUT2D eigenvalue weighted by Crippen LogP contribution is -2.20. The number of nitrogens with zero attached hydrogens (tertiary/aromatic N) is 1. The van der Waals surface area contributed by atoms with Crippen LogP contribution in [0.1, 0.15) is 19.8 Å². The quantitative estimate of drug-likeness (QED) is 0.746. The summed E-state index contributed by atoms with van der Waals surface area (Å²) in [6.45, 7) is 4.11. The van der Waals surface area contributed by atoms with Gasteiger partial charge in [-0.05, 0) is 28.4 Å². The minimum Gasteiger partial charge on any atom is -0.380 e. The zero-order valence-corrected chi connectivity index (χ0v) is 10.5. The van der Waals surface area contributed by atoms with Gasteiger partial charge in [0, 0.05) is 29.9 Å². The Morgan fingerprint density at radius 3 is 2.93 bits per heavy atom. The first-order valence-electron chi connectivity index (χ1n) is 5.17. The van der Waals surface area contributed by atoms with Gasteiger partial charge in [-0.1, -0.05) is 13.3 Å². The van der Waals surface area contributed by atoms with E-state index in [1.807, 2.05) is 0 Å². The summed E-state index contributed by atoms with van der Waals surface area (Å²) in [4.78, 5) is 11.4. The summed E-state index contributed by atoms with van der Waals surface area (Å²) < 4.78 is 7.96. The van der Waals surface area contributed by atoms with E-state index < -0.39 is 0 Å². The highest BCUT2D eigenvalue weighted by molar-refractivity contribution is 9.10. The molecule has 0 unspecified atom stereocenters. The van der Waals surface area contributed by atoms with Crippen LogP contribution in [0.25, 0.3) is 0 Å². The summed E-state index contributed by atoms with van der Waals surface area (Å²) >= 11 is 3.33. The second kappa shape index (κ2) is 6.80. The van der Waals surface area contributed by atoms with Crippen molar-refractivity contribution in [2.75, 3.05) is 13.2 Å². The fourth-order valence-electron chi connectivity index (χ4n) is 1.19. The van der Waals surface area contributed by atoms with E-state index in [0.29, 0.717) is 13.2 Å². The van der Waals surface area contributed by atoms with Crippen LogP contribution in [0.2, 0.25) is 0 Å². The summed E-state index contributed by atoms with van der Waals surface area (Å²) in [6.07, 6.45) is 4.00. The number of hydrogen-bond donors (Lipinski definition) is 0. The van der Waals surface area contributed by atoms with Crippen molar-refractivity contribution in [2.24, 2.45) is 0 Å². The standard InChI is InChI=1S/C11H16BrNO2/c1-2-3-7-15-8-6-13-9-10(12)4-5-11(13)14/h4-5,9H,2-3,6-8H2,1H3. The molecule has 0 atom stereocenters. The van der Waals surface area contributed by atoms with E-state index in [-0.39, 0.29) is 5.56 Å². The van der Waals surface area contributed by atoms with Crippen LogP contribution >= 0.6 is 15.9 Å². The van der Waals surface area contributed by atoms with E-state index in [1.54, 1.807) is 22.9 Å². The zero-order valence-electron chi connectivity index (χ0n) is 8.91. The molecule has 0 radical (unpaired) electrons. The third-order valence-electron chi connectivity index (χ3n) is 2.07. The molecule has 0 fully saturated rings. The average Bonchev–Trinajstić information content (AvgIpc) is 2.23. The summed E-state index contributed by atoms with van der Waals surface area (Å²) in [7, 11) is 0. The van der Waals surface area contributed by atoms with Gasteiger partial charge in [0.25, 0.3) is 5.56 Å². The Bertz CT molecular complexity index is 349. The van der Waals surface area contributed by atoms with Gasteiger partial charge in [0.15, 0.2) is 0 Å². The number of aromatic nitrogens is 1. The smallest absolute Gasteiger partial charge is 0.250 e. The lowest BCUT2D eigenvalue weighted by Gasteiger charge is -2.06. The average molecular weight is 274 g/mol. The maximum atomic E-state index is 11.4. The number of rotatable bonds is 6. The largest absolute Gasteiger partial charge is 0.380 e. The number of hydrogen-bond acceptors (Lipinski definition) is 2. The monoisotopic (exact) mass is 273 g/mol. The first-order valence-corrected chi connectivity index (χ1v) is 5.97. The second-order valence-corrected chi connectivity index (χ2v) is 4.26. The molecular weight excluding hydrogens is 258 g/mol. The number of unbranched alkanes of at least 4 members (excludes halogenated alkanes) is 1. The van der Waals surface area contributed by atoms with Crippen LogP contribution in [-0.4, -0.2) is 17.8 Å². The molecule has 0 spiro atoms. The lowest BCUT2D eigenvalue weighted by atomic mass is 10.4. The van der Waals surface area contributed by atoms with E-state index in [4.69, 9.17) is 4.74 Å². The van der Waals surface area contributed by atoms with E-state index >= 15 is 0 Å². The maximum Gasteiger partial charge on any atom is 0.250 e. The molecule has 0 saturated carbocycles. The van der Waals surface area contributed by atoms with E-state index in [0.717, 1.165) is 23.9 Å². The van der Waals surface area contributed by atoms with Crippen molar-refractivity contribution in [1.29, 1.82) is 0 Å². The minimum absolute atomic E-state index is 0.0114. The Balaban J connectivity index is 2.37. The van der Waals surface area contributed by atoms with Crippen LogP contribution in [0.3, 0.4) is 0 Å². The Morgan fingerprint density at radius 2 is 2.20 bits per heavy atom. The van der Waals surface area contributed by atoms with Gasteiger partial charge in [-0.25, -0.2) is 0 Å². The molecule has 0 aliphatic heterocycles. The van der Waals surface area contributed by atoms with Gasteiger partial charge in [0.2, 0.25) is 0 Å². The fourth-order valence-corrected chi connectivity index (χ4v) is 1.57. The highest BCUT2D eigenvalue weighted by atomic mass is 79.9. The third-order valence-corrected chi connectivity index (χ3v) is 2.54. The van der Waals surface area contributed by atoms with Crippen LogP contribution < -0.4 is 5.56 Å². The minimum atomic E-state index is 0.0114. The van der Waals surface area contributed by atoms with Gasteiger partial charge in [0.05, 0.1) is 6.61 Å². The first kappa shape index (κ1) is 12.5. The van der Waals surface area contributed by atoms with Gasteiger partial charge in [-0.3, -0.25) is 4.79 Å². The Labute approximate surface area is 98.2 Å². The van der Waals surface area contributed by atoms with Gasteiger partial charge in [-0.2, -0.15) is 0 Å². The van der Waals surface area contributed by atoms with Gasteiger partial charge in [-0.15, -0.1) is 0 Å². The predicted octanol–water partition coefficient (Wildman–Crippen LogP) is 2.43. The SMILES string of the molecule is CCCCOCCn1cc(Br)ccc1=O. The molecule has 0 aliphatic rings. The summed E-state index contributed by atoms with van der Waals surface area (Å²) in [6, 6.07) is 3.30. The molecule has 15 heavy (non-hydrogen) atoms. The molecule has 3 nitrogen and oxygen atoms in total. The summed E-state index contributed by atoms with van der Waals surface area (Å²) in [5.74, 6) is 0. The molecule has 0 amide bonds. The van der Waals surface area contributed by atoms with Crippen molar-refractivity contribution in [3.63, 3.8) is 0 Å². The molecule has 1 heterocycles. The molecule has 0 N–H and O–H groups in total. The Hall–Kier alpha value is -0.610. The van der Waals surface area contributed by atoms with E-state index in [2.05, 4.69) is 22.9 Å². The predicted molar refractivity (Wildman–Crippen MR) is 64.1 cm³/mol. The molecule has 0 aromatic carbocycles. The molecule has 0 aliphatic carbocycles. The summed E-state index contributed by atoms with van der Waals surface area (Å²) in [5.41, 5.74) is 0.0114. The fraction of sp³-hybridized carbons (Fsp3) is 0.545. The van der Waals surface area contributed by atoms with Gasteiger partial charge in [0.1, 0.15) is 0 Å². The third kappa shape index (κ3) is 4.62.